The number of rotatable bonds is 8. The molecule has 48 heavy (non-hydrogen) atoms. The van der Waals surface area contributed by atoms with Crippen LogP contribution in [0.25, 0.3) is 22.2 Å². The molecular formula is C37H49N5O5S. The number of likely N-dealkylation sites (N-methyl/N-ethyl adjacent to an activating group) is 2. The number of hydrogen-bond donors (Lipinski definition) is 1. The highest BCUT2D eigenvalue weighted by Gasteiger charge is 2.63. The molecule has 2 aromatic carbocycles. The highest BCUT2D eigenvalue weighted by molar-refractivity contribution is 7.87. The molecule has 4 aliphatic rings. The Morgan fingerprint density at radius 1 is 1.00 bits per heavy atom. The summed E-state index contributed by atoms with van der Waals surface area (Å²) in [6, 6.07) is 12.2. The van der Waals surface area contributed by atoms with E-state index in [-0.39, 0.29) is 17.4 Å². The number of carbonyl (C=O) groups excluding carboxylic acids is 2. The molecule has 3 heterocycles. The second kappa shape index (κ2) is 12.5. The van der Waals surface area contributed by atoms with Crippen LogP contribution in [-0.4, -0.2) is 93.3 Å². The Morgan fingerprint density at radius 2 is 1.75 bits per heavy atom. The van der Waals surface area contributed by atoms with Crippen LogP contribution in [0.1, 0.15) is 91.1 Å². The van der Waals surface area contributed by atoms with E-state index in [1.165, 1.54) is 51.8 Å². The number of likely N-dealkylation sites (tertiary alicyclic amines) is 1. The maximum absolute atomic E-state index is 14.7. The third-order valence-corrected chi connectivity index (χ3v) is 13.1. The Bertz CT molecular complexity index is 1860. The van der Waals surface area contributed by atoms with Crippen LogP contribution in [0.2, 0.25) is 0 Å². The van der Waals surface area contributed by atoms with E-state index in [1.807, 2.05) is 30.1 Å². The summed E-state index contributed by atoms with van der Waals surface area (Å²) in [6.07, 6.45) is 9.96. The summed E-state index contributed by atoms with van der Waals surface area (Å²) >= 11 is 0. The molecule has 0 spiro atoms. The Balaban J connectivity index is 1.38. The van der Waals surface area contributed by atoms with Gasteiger partial charge in [-0.25, -0.2) is 4.72 Å². The first-order valence-corrected chi connectivity index (χ1v) is 18.9. The third kappa shape index (κ3) is 5.61. The average Bonchev–Trinajstić information content (AvgIpc) is 3.75. The minimum absolute atomic E-state index is 0.0486. The van der Waals surface area contributed by atoms with Crippen molar-refractivity contribution in [1.82, 2.24) is 23.4 Å². The van der Waals surface area contributed by atoms with Crippen LogP contribution in [0.4, 0.5) is 0 Å². The molecule has 2 aliphatic carbocycles. The Kier molecular flexibility index (Phi) is 8.61. The van der Waals surface area contributed by atoms with E-state index in [9.17, 15) is 18.0 Å². The van der Waals surface area contributed by atoms with Crippen LogP contribution in [0.3, 0.4) is 0 Å². The smallest absolute Gasteiger partial charge is 0.303 e. The van der Waals surface area contributed by atoms with Crippen molar-refractivity contribution in [2.75, 3.05) is 48.4 Å². The molecule has 3 aromatic rings. The first kappa shape index (κ1) is 33.1. The van der Waals surface area contributed by atoms with Crippen molar-refractivity contribution in [3.8, 4) is 17.0 Å². The van der Waals surface area contributed by atoms with Crippen molar-refractivity contribution in [2.24, 2.45) is 5.41 Å². The average molecular weight is 676 g/mol. The maximum atomic E-state index is 14.7. The van der Waals surface area contributed by atoms with E-state index < -0.39 is 21.5 Å². The van der Waals surface area contributed by atoms with Gasteiger partial charge >= 0.3 is 10.2 Å². The number of nitrogens with one attached hydrogen (secondary N) is 1. The lowest BCUT2D eigenvalue weighted by Gasteiger charge is -2.36. The molecule has 2 amide bonds. The van der Waals surface area contributed by atoms with Crippen molar-refractivity contribution in [1.29, 1.82) is 0 Å². The molecule has 258 valence electrons. The van der Waals surface area contributed by atoms with E-state index in [4.69, 9.17) is 4.74 Å². The molecule has 10 nitrogen and oxygen atoms in total. The van der Waals surface area contributed by atoms with Gasteiger partial charge in [-0.1, -0.05) is 31.7 Å². The molecule has 2 saturated carbocycles. The Hall–Kier alpha value is -3.41. The monoisotopic (exact) mass is 675 g/mol. The maximum Gasteiger partial charge on any atom is 0.303 e. The first-order valence-electron chi connectivity index (χ1n) is 17.5. The molecule has 1 saturated heterocycles. The fraction of sp³-hybridized carbons (Fsp3) is 0.568. The number of benzene rings is 2. The van der Waals surface area contributed by atoms with E-state index in [1.54, 1.807) is 13.2 Å². The van der Waals surface area contributed by atoms with E-state index >= 15 is 0 Å². The highest BCUT2D eigenvalue weighted by Crippen LogP contribution is 2.66. The number of fused-ring (bicyclic) bond motifs is 7. The molecule has 1 aromatic heterocycles. The van der Waals surface area contributed by atoms with Crippen LogP contribution >= 0.6 is 0 Å². The summed E-state index contributed by atoms with van der Waals surface area (Å²) in [6.45, 7) is 2.26. The molecule has 3 atom stereocenters. The van der Waals surface area contributed by atoms with Crippen LogP contribution in [0.5, 0.6) is 5.75 Å². The zero-order valence-corrected chi connectivity index (χ0v) is 29.7. The van der Waals surface area contributed by atoms with Gasteiger partial charge in [0.15, 0.2) is 0 Å². The quantitative estimate of drug-likeness (QED) is 0.346. The number of nitrogens with zero attached hydrogens (tertiary/aromatic N) is 4. The lowest BCUT2D eigenvalue weighted by atomic mass is 9.81. The Morgan fingerprint density at radius 3 is 2.46 bits per heavy atom. The van der Waals surface area contributed by atoms with Crippen molar-refractivity contribution in [3.63, 3.8) is 0 Å². The van der Waals surface area contributed by atoms with Gasteiger partial charge in [0.2, 0.25) is 5.91 Å². The minimum atomic E-state index is -3.97. The van der Waals surface area contributed by atoms with Gasteiger partial charge in [-0.2, -0.15) is 12.7 Å². The van der Waals surface area contributed by atoms with Gasteiger partial charge in [0.25, 0.3) is 5.91 Å². The number of carbonyl (C=O) groups is 2. The fourth-order valence-electron chi connectivity index (χ4n) is 8.84. The molecule has 3 fully saturated rings. The number of hydrogen-bond acceptors (Lipinski definition) is 6. The summed E-state index contributed by atoms with van der Waals surface area (Å²) in [7, 11) is 4.62. The second-order valence-corrected chi connectivity index (χ2v) is 16.7. The van der Waals surface area contributed by atoms with E-state index in [2.05, 4.69) is 33.4 Å². The summed E-state index contributed by atoms with van der Waals surface area (Å²) < 4.78 is 36.4. The second-order valence-electron chi connectivity index (χ2n) is 14.8. The number of ether oxygens (including phenoxy) is 1. The Labute approximate surface area is 284 Å². The van der Waals surface area contributed by atoms with Gasteiger partial charge in [0, 0.05) is 68.2 Å². The number of piperidine rings is 1. The summed E-state index contributed by atoms with van der Waals surface area (Å²) in [5.41, 5.74) is 5.20. The van der Waals surface area contributed by atoms with Crippen molar-refractivity contribution < 1.29 is 22.7 Å². The summed E-state index contributed by atoms with van der Waals surface area (Å²) in [4.78, 5) is 32.5. The fourth-order valence-corrected chi connectivity index (χ4v) is 9.38. The minimum Gasteiger partial charge on any atom is -0.497 e. The topological polar surface area (TPSA) is 104 Å². The number of aromatic nitrogens is 1. The number of methoxy groups -OCH3 is 1. The normalized spacial score (nSPS) is 24.4. The van der Waals surface area contributed by atoms with Gasteiger partial charge < -0.3 is 19.1 Å². The van der Waals surface area contributed by atoms with Crippen LogP contribution in [-0.2, 0) is 21.5 Å². The number of amides is 2. The van der Waals surface area contributed by atoms with Crippen molar-refractivity contribution >= 4 is 32.9 Å². The van der Waals surface area contributed by atoms with Gasteiger partial charge in [-0.3, -0.25) is 9.59 Å². The van der Waals surface area contributed by atoms with Gasteiger partial charge in [0.1, 0.15) is 5.75 Å². The van der Waals surface area contributed by atoms with Gasteiger partial charge in [-0.15, -0.1) is 0 Å². The third-order valence-electron chi connectivity index (χ3n) is 11.7. The van der Waals surface area contributed by atoms with E-state index in [0.29, 0.717) is 25.0 Å². The van der Waals surface area contributed by atoms with Gasteiger partial charge in [-0.05, 0) is 93.1 Å². The predicted octanol–water partition coefficient (Wildman–Crippen LogP) is 5.33. The van der Waals surface area contributed by atoms with E-state index in [0.717, 1.165) is 70.0 Å². The molecule has 3 unspecified atom stereocenters. The molecule has 7 rings (SSSR count). The lowest BCUT2D eigenvalue weighted by Crippen LogP contribution is -2.47. The van der Waals surface area contributed by atoms with Crippen LogP contribution in [0.15, 0.2) is 36.4 Å². The standard InChI is InChI=1S/C37H49N5O5S/c1-39(2)48(45,46)38-35(43)25-14-16-29-32(19-25)42-23-37(36(44)41(4)22-26-13-9-10-18-40(26)3)21-31(37)30-20-27(47-5)15-17-28(30)34(42)33(29)24-11-7-6-8-12-24/h14-17,19-20,24,26,31H,6-13,18,21-23H2,1-5H3,(H,38,43). The molecule has 11 heteroatoms. The van der Waals surface area contributed by atoms with Gasteiger partial charge in [0.05, 0.1) is 18.2 Å². The van der Waals surface area contributed by atoms with Crippen molar-refractivity contribution in [2.45, 2.75) is 82.2 Å². The zero-order chi connectivity index (χ0) is 34.0. The van der Waals surface area contributed by atoms with Crippen LogP contribution in [0, 0.1) is 5.41 Å². The molecule has 2 aliphatic heterocycles. The molecule has 0 radical (unpaired) electrons. The van der Waals surface area contributed by atoms with Crippen molar-refractivity contribution in [3.05, 3.63) is 53.1 Å². The zero-order valence-electron chi connectivity index (χ0n) is 28.9. The largest absolute Gasteiger partial charge is 0.497 e. The molecule has 1 N–H and O–H groups in total. The summed E-state index contributed by atoms with van der Waals surface area (Å²) in [5, 5.41) is 1.07. The lowest BCUT2D eigenvalue weighted by molar-refractivity contribution is -0.137. The highest BCUT2D eigenvalue weighted by atomic mass is 32.2. The predicted molar refractivity (Wildman–Crippen MR) is 188 cm³/mol. The SMILES string of the molecule is COc1ccc2c(c1)C1CC1(C(=O)N(C)CC1CCCCN1C)Cn1c-2c(C2CCCCC2)c2ccc(C(=O)NS(=O)(=O)N(C)C)cc21. The summed E-state index contributed by atoms with van der Waals surface area (Å²) in [5.74, 6) is 0.675. The molecule has 0 bridgehead atoms. The van der Waals surface area contributed by atoms with Crippen LogP contribution < -0.4 is 9.46 Å². The molecular weight excluding hydrogens is 627 g/mol. The first-order chi connectivity index (χ1) is 22.9.